The molecule has 0 N–H and O–H groups in total. The highest BCUT2D eigenvalue weighted by Gasteiger charge is 2.32. The largest absolute Gasteiger partial charge is 0.272 e. The molecule has 100 valence electrons. The Hall–Kier alpha value is -2.07. The van der Waals surface area contributed by atoms with Crippen molar-refractivity contribution < 1.29 is 4.79 Å². The Balaban J connectivity index is 1.83. The summed E-state index contributed by atoms with van der Waals surface area (Å²) in [6.45, 7) is 0. The smallest absolute Gasteiger partial charge is 0.254 e. The molecule has 0 aliphatic carbocycles. The fourth-order valence-electron chi connectivity index (χ4n) is 2.07. The van der Waals surface area contributed by atoms with Crippen LogP contribution in [0.2, 0.25) is 0 Å². The number of amides is 1. The number of hydrogen-bond acceptors (Lipinski definition) is 3. The van der Waals surface area contributed by atoms with E-state index >= 15 is 0 Å². The first-order chi connectivity index (χ1) is 9.84. The van der Waals surface area contributed by atoms with Crippen molar-refractivity contribution in [3.05, 3.63) is 71.8 Å². The average molecular weight is 282 g/mol. The maximum Gasteiger partial charge on any atom is 0.254 e. The topological polar surface area (TPSA) is 32.7 Å². The van der Waals surface area contributed by atoms with Gasteiger partial charge < -0.3 is 0 Å². The van der Waals surface area contributed by atoms with Gasteiger partial charge in [0, 0.05) is 0 Å². The average Bonchev–Trinajstić information content (AvgIpc) is 2.88. The zero-order valence-corrected chi connectivity index (χ0v) is 11.7. The highest BCUT2D eigenvalue weighted by Crippen LogP contribution is 2.38. The standard InChI is InChI=1S/C16H14N2OS/c19-15-12-20-16(14-9-5-2-6-10-14)18(15)17-11-13-7-3-1-4-8-13/h1-11,16H,12H2/b17-11-/t16-/m0/s1. The molecule has 3 nitrogen and oxygen atoms in total. The van der Waals surface area contributed by atoms with Crippen molar-refractivity contribution in [1.82, 2.24) is 5.01 Å². The van der Waals surface area contributed by atoms with Gasteiger partial charge in [0.05, 0.1) is 12.0 Å². The number of hydrazone groups is 1. The molecule has 1 aliphatic rings. The second kappa shape index (κ2) is 5.92. The summed E-state index contributed by atoms with van der Waals surface area (Å²) in [7, 11) is 0. The second-order valence-electron chi connectivity index (χ2n) is 4.47. The molecule has 1 aliphatic heterocycles. The molecule has 2 aromatic carbocycles. The molecule has 20 heavy (non-hydrogen) atoms. The first-order valence-corrected chi connectivity index (χ1v) is 7.47. The lowest BCUT2D eigenvalue weighted by atomic mass is 10.2. The molecule has 2 aromatic rings. The Morgan fingerprint density at radius 2 is 1.70 bits per heavy atom. The third-order valence-corrected chi connectivity index (χ3v) is 4.26. The van der Waals surface area contributed by atoms with E-state index in [4.69, 9.17) is 0 Å². The van der Waals surface area contributed by atoms with E-state index in [0.717, 1.165) is 11.1 Å². The van der Waals surface area contributed by atoms with Crippen LogP contribution in [0.3, 0.4) is 0 Å². The Morgan fingerprint density at radius 3 is 2.40 bits per heavy atom. The summed E-state index contributed by atoms with van der Waals surface area (Å²) in [5.74, 6) is 0.530. The predicted octanol–water partition coefficient (Wildman–Crippen LogP) is 3.29. The lowest BCUT2D eigenvalue weighted by molar-refractivity contribution is -0.128. The molecular weight excluding hydrogens is 268 g/mol. The van der Waals surface area contributed by atoms with E-state index in [-0.39, 0.29) is 11.3 Å². The maximum absolute atomic E-state index is 12.0. The van der Waals surface area contributed by atoms with Crippen LogP contribution >= 0.6 is 11.8 Å². The van der Waals surface area contributed by atoms with Gasteiger partial charge in [0.2, 0.25) is 0 Å². The molecule has 1 heterocycles. The van der Waals surface area contributed by atoms with Crippen LogP contribution in [0, 0.1) is 0 Å². The van der Waals surface area contributed by atoms with Crippen LogP contribution in [0.4, 0.5) is 0 Å². The van der Waals surface area contributed by atoms with Crippen molar-refractivity contribution in [2.24, 2.45) is 5.10 Å². The monoisotopic (exact) mass is 282 g/mol. The predicted molar refractivity (Wildman–Crippen MR) is 82.5 cm³/mol. The summed E-state index contributed by atoms with van der Waals surface area (Å²) in [4.78, 5) is 12.0. The van der Waals surface area contributed by atoms with Crippen LogP contribution in [0.25, 0.3) is 0 Å². The summed E-state index contributed by atoms with van der Waals surface area (Å²) in [6.07, 6.45) is 1.74. The van der Waals surface area contributed by atoms with Gasteiger partial charge >= 0.3 is 0 Å². The van der Waals surface area contributed by atoms with E-state index in [9.17, 15) is 4.79 Å². The van der Waals surface area contributed by atoms with Gasteiger partial charge in [-0.25, -0.2) is 5.01 Å². The van der Waals surface area contributed by atoms with Gasteiger partial charge in [-0.2, -0.15) is 5.10 Å². The molecule has 0 aromatic heterocycles. The first-order valence-electron chi connectivity index (χ1n) is 6.42. The van der Waals surface area contributed by atoms with E-state index in [1.165, 1.54) is 0 Å². The normalized spacial score (nSPS) is 18.9. The Labute approximate surface area is 122 Å². The second-order valence-corrected chi connectivity index (χ2v) is 5.54. The number of carbonyl (C=O) groups excluding carboxylic acids is 1. The summed E-state index contributed by atoms with van der Waals surface area (Å²) < 4.78 is 0. The number of rotatable bonds is 3. The number of hydrogen-bond donors (Lipinski definition) is 0. The lowest BCUT2D eigenvalue weighted by Gasteiger charge is -2.18. The van der Waals surface area contributed by atoms with Gasteiger partial charge in [-0.05, 0) is 11.1 Å². The van der Waals surface area contributed by atoms with Crippen molar-refractivity contribution in [2.45, 2.75) is 5.37 Å². The van der Waals surface area contributed by atoms with Gasteiger partial charge in [-0.1, -0.05) is 60.7 Å². The zero-order chi connectivity index (χ0) is 13.8. The van der Waals surface area contributed by atoms with Crippen LogP contribution < -0.4 is 0 Å². The quantitative estimate of drug-likeness (QED) is 0.809. The molecule has 0 unspecified atom stereocenters. The van der Waals surface area contributed by atoms with Crippen LogP contribution in [0.15, 0.2) is 65.8 Å². The highest BCUT2D eigenvalue weighted by molar-refractivity contribution is 8.00. The summed E-state index contributed by atoms with van der Waals surface area (Å²) in [5.41, 5.74) is 2.09. The van der Waals surface area contributed by atoms with Crippen molar-refractivity contribution in [1.29, 1.82) is 0 Å². The van der Waals surface area contributed by atoms with Crippen LogP contribution in [-0.2, 0) is 4.79 Å². The molecular formula is C16H14N2OS. The van der Waals surface area contributed by atoms with E-state index in [2.05, 4.69) is 5.10 Å². The van der Waals surface area contributed by atoms with E-state index in [1.807, 2.05) is 60.7 Å². The van der Waals surface area contributed by atoms with Crippen molar-refractivity contribution in [3.63, 3.8) is 0 Å². The van der Waals surface area contributed by atoms with Gasteiger partial charge in [-0.3, -0.25) is 4.79 Å². The molecule has 1 saturated heterocycles. The van der Waals surface area contributed by atoms with Crippen molar-refractivity contribution in [3.8, 4) is 0 Å². The number of benzene rings is 2. The van der Waals surface area contributed by atoms with E-state index < -0.39 is 0 Å². The summed E-state index contributed by atoms with van der Waals surface area (Å²) in [5, 5.41) is 5.92. The number of nitrogens with zero attached hydrogens (tertiary/aromatic N) is 2. The molecule has 3 rings (SSSR count). The molecule has 1 fully saturated rings. The zero-order valence-electron chi connectivity index (χ0n) is 10.8. The van der Waals surface area contributed by atoms with E-state index in [1.54, 1.807) is 23.0 Å². The SMILES string of the molecule is O=C1CS[C@@H](c2ccccc2)N1/N=C\c1ccccc1. The molecule has 0 saturated carbocycles. The fraction of sp³-hybridized carbons (Fsp3) is 0.125. The van der Waals surface area contributed by atoms with Gasteiger partial charge in [0.15, 0.2) is 0 Å². The molecule has 1 amide bonds. The van der Waals surface area contributed by atoms with Crippen molar-refractivity contribution in [2.75, 3.05) is 5.75 Å². The Bertz CT molecular complexity index is 613. The lowest BCUT2D eigenvalue weighted by Crippen LogP contribution is -2.22. The summed E-state index contributed by atoms with van der Waals surface area (Å²) >= 11 is 1.61. The van der Waals surface area contributed by atoms with E-state index in [0.29, 0.717) is 5.75 Å². The molecule has 0 radical (unpaired) electrons. The first kappa shape index (κ1) is 12.9. The molecule has 1 atom stereocenters. The van der Waals surface area contributed by atoms with Crippen LogP contribution in [-0.4, -0.2) is 22.9 Å². The Morgan fingerprint density at radius 1 is 1.05 bits per heavy atom. The number of thioether (sulfide) groups is 1. The number of carbonyl (C=O) groups is 1. The Kier molecular flexibility index (Phi) is 3.83. The molecule has 0 spiro atoms. The third-order valence-electron chi connectivity index (χ3n) is 3.06. The fourth-order valence-corrected chi connectivity index (χ4v) is 3.16. The minimum atomic E-state index is -0.0244. The van der Waals surface area contributed by atoms with Crippen molar-refractivity contribution >= 4 is 23.9 Å². The van der Waals surface area contributed by atoms with Crippen LogP contribution in [0.1, 0.15) is 16.5 Å². The maximum atomic E-state index is 12.0. The van der Waals surface area contributed by atoms with Gasteiger partial charge in [0.1, 0.15) is 5.37 Å². The van der Waals surface area contributed by atoms with Gasteiger partial charge in [-0.15, -0.1) is 11.8 Å². The molecule has 4 heteroatoms. The highest BCUT2D eigenvalue weighted by atomic mass is 32.2. The van der Waals surface area contributed by atoms with Crippen LogP contribution in [0.5, 0.6) is 0 Å². The van der Waals surface area contributed by atoms with Gasteiger partial charge in [0.25, 0.3) is 5.91 Å². The minimum absolute atomic E-state index is 0.0244. The minimum Gasteiger partial charge on any atom is -0.272 e. The third kappa shape index (κ3) is 2.75. The summed E-state index contributed by atoms with van der Waals surface area (Å²) in [6, 6.07) is 19.8. The molecule has 0 bridgehead atoms.